The van der Waals surface area contributed by atoms with E-state index in [0.29, 0.717) is 6.04 Å². The Balaban J connectivity index is 1.73. The SMILES string of the molecule is CC1COCCN1CCC1(O)CC1. The predicted molar refractivity (Wildman–Crippen MR) is 50.7 cm³/mol. The number of rotatable bonds is 3. The van der Waals surface area contributed by atoms with Crippen LogP contribution in [0.1, 0.15) is 26.2 Å². The topological polar surface area (TPSA) is 32.7 Å². The molecule has 0 amide bonds. The first-order chi connectivity index (χ1) is 6.20. The fourth-order valence-electron chi connectivity index (χ4n) is 1.84. The van der Waals surface area contributed by atoms with Crippen LogP contribution in [0.2, 0.25) is 0 Å². The van der Waals surface area contributed by atoms with Crippen LogP contribution < -0.4 is 0 Å². The number of aliphatic hydroxyl groups is 1. The fourth-order valence-corrected chi connectivity index (χ4v) is 1.84. The van der Waals surface area contributed by atoms with Gasteiger partial charge in [-0.1, -0.05) is 0 Å². The molecular formula is C10H19NO2. The Hall–Kier alpha value is -0.120. The third-order valence-corrected chi connectivity index (χ3v) is 3.20. The Morgan fingerprint density at radius 1 is 1.54 bits per heavy atom. The molecule has 0 bridgehead atoms. The van der Waals surface area contributed by atoms with Crippen LogP contribution in [-0.4, -0.2) is 48.0 Å². The summed E-state index contributed by atoms with van der Waals surface area (Å²) in [5, 5.41) is 9.69. The average molecular weight is 185 g/mol. The smallest absolute Gasteiger partial charge is 0.0662 e. The van der Waals surface area contributed by atoms with Crippen molar-refractivity contribution in [3.63, 3.8) is 0 Å². The summed E-state index contributed by atoms with van der Waals surface area (Å²) >= 11 is 0. The highest BCUT2D eigenvalue weighted by Crippen LogP contribution is 2.38. The van der Waals surface area contributed by atoms with Crippen LogP contribution in [0.5, 0.6) is 0 Å². The molecule has 1 saturated carbocycles. The van der Waals surface area contributed by atoms with Gasteiger partial charge in [0.1, 0.15) is 0 Å². The highest BCUT2D eigenvalue weighted by Gasteiger charge is 2.40. The first-order valence-corrected chi connectivity index (χ1v) is 5.24. The van der Waals surface area contributed by atoms with Gasteiger partial charge in [0.15, 0.2) is 0 Å². The molecule has 3 heteroatoms. The van der Waals surface area contributed by atoms with Gasteiger partial charge in [0.05, 0.1) is 18.8 Å². The maximum atomic E-state index is 9.69. The van der Waals surface area contributed by atoms with Gasteiger partial charge in [-0.25, -0.2) is 0 Å². The zero-order valence-electron chi connectivity index (χ0n) is 8.33. The summed E-state index contributed by atoms with van der Waals surface area (Å²) in [7, 11) is 0. The van der Waals surface area contributed by atoms with Gasteiger partial charge in [0.25, 0.3) is 0 Å². The van der Waals surface area contributed by atoms with Crippen LogP contribution in [-0.2, 0) is 4.74 Å². The average Bonchev–Trinajstić information content (AvgIpc) is 2.83. The molecule has 0 spiro atoms. The van der Waals surface area contributed by atoms with Crippen LogP contribution in [0.25, 0.3) is 0 Å². The lowest BCUT2D eigenvalue weighted by Gasteiger charge is -2.33. The second-order valence-electron chi connectivity index (χ2n) is 4.43. The second kappa shape index (κ2) is 3.56. The van der Waals surface area contributed by atoms with Crippen molar-refractivity contribution < 1.29 is 9.84 Å². The number of nitrogens with zero attached hydrogens (tertiary/aromatic N) is 1. The van der Waals surface area contributed by atoms with Crippen molar-refractivity contribution in [3.05, 3.63) is 0 Å². The Morgan fingerprint density at radius 2 is 2.31 bits per heavy atom. The number of hydrogen-bond donors (Lipinski definition) is 1. The molecule has 2 rings (SSSR count). The normalized spacial score (nSPS) is 33.2. The summed E-state index contributed by atoms with van der Waals surface area (Å²) in [4.78, 5) is 2.42. The molecule has 0 aromatic carbocycles. The van der Waals surface area contributed by atoms with Crippen LogP contribution >= 0.6 is 0 Å². The molecule has 13 heavy (non-hydrogen) atoms. The molecule has 0 radical (unpaired) electrons. The standard InChI is InChI=1S/C10H19NO2/c1-9-8-13-7-6-11(9)5-4-10(12)2-3-10/h9,12H,2-8H2,1H3. The quantitative estimate of drug-likeness (QED) is 0.699. The van der Waals surface area contributed by atoms with Gasteiger partial charge in [-0.15, -0.1) is 0 Å². The molecule has 0 aromatic heterocycles. The Morgan fingerprint density at radius 3 is 2.92 bits per heavy atom. The van der Waals surface area contributed by atoms with Crippen LogP contribution in [0.4, 0.5) is 0 Å². The lowest BCUT2D eigenvalue weighted by Crippen LogP contribution is -2.44. The van der Waals surface area contributed by atoms with Crippen molar-refractivity contribution >= 4 is 0 Å². The van der Waals surface area contributed by atoms with E-state index in [1.165, 1.54) is 0 Å². The minimum absolute atomic E-state index is 0.294. The van der Waals surface area contributed by atoms with E-state index in [1.54, 1.807) is 0 Å². The molecule has 1 N–H and O–H groups in total. The zero-order valence-corrected chi connectivity index (χ0v) is 8.33. The lowest BCUT2D eigenvalue weighted by molar-refractivity contribution is -0.00804. The molecule has 1 aliphatic carbocycles. The van der Waals surface area contributed by atoms with Crippen molar-refractivity contribution in [1.82, 2.24) is 4.90 Å². The van der Waals surface area contributed by atoms with Gasteiger partial charge in [-0.2, -0.15) is 0 Å². The van der Waals surface area contributed by atoms with Gasteiger partial charge in [-0.05, 0) is 26.2 Å². The summed E-state index contributed by atoms with van der Waals surface area (Å²) in [6, 6.07) is 0.524. The first-order valence-electron chi connectivity index (χ1n) is 5.24. The first kappa shape index (κ1) is 9.44. The fraction of sp³-hybridized carbons (Fsp3) is 1.00. The van der Waals surface area contributed by atoms with Crippen LogP contribution in [0.3, 0.4) is 0 Å². The molecule has 1 aliphatic heterocycles. The van der Waals surface area contributed by atoms with E-state index in [2.05, 4.69) is 11.8 Å². The number of hydrogen-bond acceptors (Lipinski definition) is 3. The molecule has 76 valence electrons. The number of ether oxygens (including phenoxy) is 1. The molecular weight excluding hydrogens is 166 g/mol. The van der Waals surface area contributed by atoms with Crippen LogP contribution in [0.15, 0.2) is 0 Å². The van der Waals surface area contributed by atoms with E-state index in [1.807, 2.05) is 0 Å². The summed E-state index contributed by atoms with van der Waals surface area (Å²) in [5.74, 6) is 0. The van der Waals surface area contributed by atoms with Gasteiger partial charge in [0.2, 0.25) is 0 Å². The molecule has 3 nitrogen and oxygen atoms in total. The van der Waals surface area contributed by atoms with E-state index in [-0.39, 0.29) is 5.60 Å². The van der Waals surface area contributed by atoms with Gasteiger partial charge in [0, 0.05) is 19.1 Å². The summed E-state index contributed by atoms with van der Waals surface area (Å²) in [5.41, 5.74) is -0.294. The summed E-state index contributed by atoms with van der Waals surface area (Å²) in [6.45, 7) is 5.94. The number of morpholine rings is 1. The molecule has 1 unspecified atom stereocenters. The summed E-state index contributed by atoms with van der Waals surface area (Å²) < 4.78 is 5.36. The van der Waals surface area contributed by atoms with E-state index >= 15 is 0 Å². The van der Waals surface area contributed by atoms with Crippen molar-refractivity contribution in [2.24, 2.45) is 0 Å². The molecule has 2 aliphatic rings. The van der Waals surface area contributed by atoms with Crippen molar-refractivity contribution in [2.45, 2.75) is 37.8 Å². The van der Waals surface area contributed by atoms with Gasteiger partial charge < -0.3 is 9.84 Å². The van der Waals surface area contributed by atoms with Crippen LogP contribution in [0, 0.1) is 0 Å². The zero-order chi connectivity index (χ0) is 9.31. The maximum absolute atomic E-state index is 9.69. The van der Waals surface area contributed by atoms with Crippen molar-refractivity contribution in [1.29, 1.82) is 0 Å². The van der Waals surface area contributed by atoms with Gasteiger partial charge >= 0.3 is 0 Å². The summed E-state index contributed by atoms with van der Waals surface area (Å²) in [6.07, 6.45) is 2.95. The third-order valence-electron chi connectivity index (χ3n) is 3.20. The second-order valence-corrected chi connectivity index (χ2v) is 4.43. The van der Waals surface area contributed by atoms with Crippen molar-refractivity contribution in [3.8, 4) is 0 Å². The minimum Gasteiger partial charge on any atom is -0.390 e. The molecule has 1 heterocycles. The predicted octanol–water partition coefficient (Wildman–Crippen LogP) is 0.622. The maximum Gasteiger partial charge on any atom is 0.0662 e. The van der Waals surface area contributed by atoms with Gasteiger partial charge in [-0.3, -0.25) is 4.90 Å². The highest BCUT2D eigenvalue weighted by molar-refractivity contribution is 4.94. The highest BCUT2D eigenvalue weighted by atomic mass is 16.5. The molecule has 1 saturated heterocycles. The van der Waals surface area contributed by atoms with Crippen molar-refractivity contribution in [2.75, 3.05) is 26.3 Å². The Bertz CT molecular complexity index is 180. The molecule has 1 atom stereocenters. The molecule has 2 fully saturated rings. The van der Waals surface area contributed by atoms with E-state index in [0.717, 1.165) is 45.6 Å². The van der Waals surface area contributed by atoms with E-state index in [4.69, 9.17) is 4.74 Å². The Labute approximate surface area is 79.7 Å². The lowest BCUT2D eigenvalue weighted by atomic mass is 10.2. The van der Waals surface area contributed by atoms with E-state index < -0.39 is 0 Å². The molecule has 0 aromatic rings. The largest absolute Gasteiger partial charge is 0.390 e. The van der Waals surface area contributed by atoms with E-state index in [9.17, 15) is 5.11 Å². The minimum atomic E-state index is -0.294. The third kappa shape index (κ3) is 2.42. The monoisotopic (exact) mass is 185 g/mol. The Kier molecular flexibility index (Phi) is 2.58.